The number of aromatic nitrogens is 2. The zero-order valence-corrected chi connectivity index (χ0v) is 15.2. The maximum Gasteiger partial charge on any atom is 0.255 e. The van der Waals surface area contributed by atoms with Crippen molar-refractivity contribution in [3.63, 3.8) is 0 Å². The van der Waals surface area contributed by atoms with Crippen molar-refractivity contribution >= 4 is 23.2 Å². The predicted octanol–water partition coefficient (Wildman–Crippen LogP) is 2.00. The number of hydrogen-bond acceptors (Lipinski definition) is 6. The molecule has 3 N–H and O–H groups in total. The summed E-state index contributed by atoms with van der Waals surface area (Å²) < 4.78 is 0. The van der Waals surface area contributed by atoms with Crippen LogP contribution in [0, 0.1) is 0 Å². The molecule has 1 aromatic carbocycles. The highest BCUT2D eigenvalue weighted by Crippen LogP contribution is 2.22. The van der Waals surface area contributed by atoms with Gasteiger partial charge < -0.3 is 15.7 Å². The van der Waals surface area contributed by atoms with Gasteiger partial charge in [0.15, 0.2) is 0 Å². The van der Waals surface area contributed by atoms with Gasteiger partial charge in [0.05, 0.1) is 17.7 Å². The van der Waals surface area contributed by atoms with Crippen molar-refractivity contribution in [3.05, 3.63) is 65.4 Å². The maximum absolute atomic E-state index is 12.0. The van der Waals surface area contributed by atoms with E-state index in [2.05, 4.69) is 20.6 Å². The van der Waals surface area contributed by atoms with Gasteiger partial charge in [-0.1, -0.05) is 12.1 Å². The van der Waals surface area contributed by atoms with E-state index in [4.69, 9.17) is 0 Å². The molecule has 3 aromatic rings. The molecule has 2 aromatic heterocycles. The van der Waals surface area contributed by atoms with E-state index in [9.17, 15) is 14.7 Å². The lowest BCUT2D eigenvalue weighted by atomic mass is 10.2. The number of aromatic hydroxyl groups is 1. The summed E-state index contributed by atoms with van der Waals surface area (Å²) in [6, 6.07) is 10.1. The smallest absolute Gasteiger partial charge is 0.255 e. The van der Waals surface area contributed by atoms with Crippen LogP contribution < -0.4 is 10.6 Å². The molecular weight excluding hydrogens is 364 g/mol. The quantitative estimate of drug-likeness (QED) is 0.542. The molecule has 3 rings (SSSR count). The van der Waals surface area contributed by atoms with Gasteiger partial charge in [-0.2, -0.15) is 0 Å². The van der Waals surface area contributed by atoms with Gasteiger partial charge in [-0.05, 0) is 24.3 Å². The number of pyridine rings is 1. The molecule has 8 heteroatoms. The summed E-state index contributed by atoms with van der Waals surface area (Å²) in [5.41, 5.74) is 1.81. The number of amides is 2. The van der Waals surface area contributed by atoms with E-state index in [1.54, 1.807) is 24.5 Å². The van der Waals surface area contributed by atoms with Gasteiger partial charge in [-0.25, -0.2) is 4.98 Å². The van der Waals surface area contributed by atoms with Crippen molar-refractivity contribution < 1.29 is 14.7 Å². The summed E-state index contributed by atoms with van der Waals surface area (Å²) >= 11 is 1.46. The lowest BCUT2D eigenvalue weighted by Gasteiger charge is -2.07. The minimum Gasteiger partial charge on any atom is -0.507 e. The average Bonchev–Trinajstić information content (AvgIpc) is 3.14. The standard InChI is InChI=1S/C19H18N4O3S/c24-16-6-2-1-5-15(16)18(26)22-9-8-21-17(25)10-14-12-27-19(23-14)13-4-3-7-20-11-13/h1-7,11-12,24H,8-10H2,(H,21,25)(H,22,26). The highest BCUT2D eigenvalue weighted by molar-refractivity contribution is 7.13. The first-order valence-electron chi connectivity index (χ1n) is 8.31. The highest BCUT2D eigenvalue weighted by Gasteiger charge is 2.11. The zero-order chi connectivity index (χ0) is 19.1. The Morgan fingerprint density at radius 3 is 2.67 bits per heavy atom. The second kappa shape index (κ2) is 8.91. The van der Waals surface area contributed by atoms with Gasteiger partial charge >= 0.3 is 0 Å². The molecule has 2 amide bonds. The lowest BCUT2D eigenvalue weighted by Crippen LogP contribution is -2.35. The fourth-order valence-electron chi connectivity index (χ4n) is 2.38. The zero-order valence-electron chi connectivity index (χ0n) is 14.4. The van der Waals surface area contributed by atoms with Crippen molar-refractivity contribution in [1.82, 2.24) is 20.6 Å². The first-order chi connectivity index (χ1) is 13.1. The van der Waals surface area contributed by atoms with Crippen LogP contribution in [0.15, 0.2) is 54.2 Å². The average molecular weight is 382 g/mol. The number of para-hydroxylation sites is 1. The van der Waals surface area contributed by atoms with Gasteiger partial charge in [0, 0.05) is 36.4 Å². The molecule has 27 heavy (non-hydrogen) atoms. The number of carbonyl (C=O) groups excluding carboxylic acids is 2. The van der Waals surface area contributed by atoms with Crippen LogP contribution in [0.1, 0.15) is 16.1 Å². The maximum atomic E-state index is 12.0. The number of nitrogens with one attached hydrogen (secondary N) is 2. The summed E-state index contributed by atoms with van der Waals surface area (Å²) in [7, 11) is 0. The lowest BCUT2D eigenvalue weighted by molar-refractivity contribution is -0.120. The summed E-state index contributed by atoms with van der Waals surface area (Å²) in [4.78, 5) is 32.5. The fourth-order valence-corrected chi connectivity index (χ4v) is 3.19. The molecule has 0 unspecified atom stereocenters. The molecule has 7 nitrogen and oxygen atoms in total. The van der Waals surface area contributed by atoms with Gasteiger partial charge in [-0.3, -0.25) is 14.6 Å². The molecule has 0 saturated carbocycles. The predicted molar refractivity (Wildman–Crippen MR) is 102 cm³/mol. The van der Waals surface area contributed by atoms with Crippen molar-refractivity contribution in [1.29, 1.82) is 0 Å². The van der Waals surface area contributed by atoms with Gasteiger partial charge in [0.2, 0.25) is 5.91 Å². The van der Waals surface area contributed by atoms with E-state index < -0.39 is 0 Å². The van der Waals surface area contributed by atoms with E-state index in [1.807, 2.05) is 17.5 Å². The van der Waals surface area contributed by atoms with E-state index in [0.717, 1.165) is 10.6 Å². The molecule has 0 aliphatic rings. The first-order valence-corrected chi connectivity index (χ1v) is 9.19. The van der Waals surface area contributed by atoms with Crippen LogP contribution in [0.3, 0.4) is 0 Å². The van der Waals surface area contributed by atoms with Crippen LogP contribution in [0.25, 0.3) is 10.6 Å². The summed E-state index contributed by atoms with van der Waals surface area (Å²) in [6.45, 7) is 0.550. The second-order valence-corrected chi connectivity index (χ2v) is 6.54. The Kier molecular flexibility index (Phi) is 6.11. The number of nitrogens with zero attached hydrogens (tertiary/aromatic N) is 2. The fraction of sp³-hybridized carbons (Fsp3) is 0.158. The largest absolute Gasteiger partial charge is 0.507 e. The SMILES string of the molecule is O=C(Cc1csc(-c2cccnc2)n1)NCCNC(=O)c1ccccc1O. The second-order valence-electron chi connectivity index (χ2n) is 5.69. The Labute approximate surface area is 160 Å². The Balaban J connectivity index is 1.42. The van der Waals surface area contributed by atoms with Crippen LogP contribution in [0.5, 0.6) is 5.75 Å². The number of hydrogen-bond donors (Lipinski definition) is 3. The number of rotatable bonds is 7. The Morgan fingerprint density at radius 1 is 1.07 bits per heavy atom. The first kappa shape index (κ1) is 18.5. The molecule has 0 aliphatic heterocycles. The van der Waals surface area contributed by atoms with E-state index in [0.29, 0.717) is 5.69 Å². The third-order valence-electron chi connectivity index (χ3n) is 3.68. The summed E-state index contributed by atoms with van der Waals surface area (Å²) in [5, 5.41) is 17.7. The molecule has 0 atom stereocenters. The highest BCUT2D eigenvalue weighted by atomic mass is 32.1. The molecule has 0 fully saturated rings. The molecule has 0 radical (unpaired) electrons. The number of phenols is 1. The number of carbonyl (C=O) groups is 2. The van der Waals surface area contributed by atoms with E-state index >= 15 is 0 Å². The third kappa shape index (κ3) is 5.11. The van der Waals surface area contributed by atoms with Crippen LogP contribution in [0.2, 0.25) is 0 Å². The molecule has 2 heterocycles. The Morgan fingerprint density at radius 2 is 1.89 bits per heavy atom. The Hall–Kier alpha value is -3.26. The van der Waals surface area contributed by atoms with Crippen LogP contribution in [-0.2, 0) is 11.2 Å². The van der Waals surface area contributed by atoms with Crippen molar-refractivity contribution in [2.45, 2.75) is 6.42 Å². The van der Waals surface area contributed by atoms with Crippen molar-refractivity contribution in [3.8, 4) is 16.3 Å². The number of thiazole rings is 1. The topological polar surface area (TPSA) is 104 Å². The minimum absolute atomic E-state index is 0.0769. The number of phenolic OH excluding ortho intramolecular Hbond substituents is 1. The van der Waals surface area contributed by atoms with Gasteiger partial charge in [-0.15, -0.1) is 11.3 Å². The van der Waals surface area contributed by atoms with E-state index in [-0.39, 0.29) is 42.6 Å². The molecule has 138 valence electrons. The molecule has 0 saturated heterocycles. The van der Waals surface area contributed by atoms with Crippen LogP contribution >= 0.6 is 11.3 Å². The summed E-state index contributed by atoms with van der Waals surface area (Å²) in [6.07, 6.45) is 3.60. The monoisotopic (exact) mass is 382 g/mol. The Bertz CT molecular complexity index is 927. The summed E-state index contributed by atoms with van der Waals surface area (Å²) in [5.74, 6) is -0.634. The number of benzene rings is 1. The minimum atomic E-state index is -0.386. The van der Waals surface area contributed by atoms with Gasteiger partial charge in [0.25, 0.3) is 5.91 Å². The van der Waals surface area contributed by atoms with Crippen molar-refractivity contribution in [2.24, 2.45) is 0 Å². The van der Waals surface area contributed by atoms with Gasteiger partial charge in [0.1, 0.15) is 10.8 Å². The third-order valence-corrected chi connectivity index (χ3v) is 4.62. The van der Waals surface area contributed by atoms with E-state index in [1.165, 1.54) is 23.5 Å². The molecular formula is C19H18N4O3S. The van der Waals surface area contributed by atoms with Crippen LogP contribution in [0.4, 0.5) is 0 Å². The molecule has 0 bridgehead atoms. The van der Waals surface area contributed by atoms with Crippen molar-refractivity contribution in [2.75, 3.05) is 13.1 Å². The normalized spacial score (nSPS) is 10.4. The molecule has 0 aliphatic carbocycles. The molecule has 0 spiro atoms. The van der Waals surface area contributed by atoms with Crippen LogP contribution in [-0.4, -0.2) is 40.0 Å².